The van der Waals surface area contributed by atoms with E-state index in [4.69, 9.17) is 42.6 Å². The van der Waals surface area contributed by atoms with E-state index in [0.29, 0.717) is 33.6 Å². The van der Waals surface area contributed by atoms with Gasteiger partial charge in [-0.25, -0.2) is 19.4 Å². The first-order valence-electron chi connectivity index (χ1n) is 28.0. The highest BCUT2D eigenvalue weighted by molar-refractivity contribution is 6.06. The van der Waals surface area contributed by atoms with Crippen molar-refractivity contribution in [2.75, 3.05) is 34.5 Å². The number of rotatable bonds is 15. The second-order valence-electron chi connectivity index (χ2n) is 22.4. The van der Waals surface area contributed by atoms with Crippen molar-refractivity contribution >= 4 is 35.0 Å². The van der Waals surface area contributed by atoms with E-state index in [1.165, 1.54) is 20.4 Å². The van der Waals surface area contributed by atoms with Gasteiger partial charge in [0.2, 0.25) is 17.9 Å². The summed E-state index contributed by atoms with van der Waals surface area (Å²) in [6.07, 6.45) is -1.38. The zero-order valence-electron chi connectivity index (χ0n) is 47.6. The summed E-state index contributed by atoms with van der Waals surface area (Å²) in [5, 5.41) is 20.7. The summed E-state index contributed by atoms with van der Waals surface area (Å²) in [6, 6.07) is 38.6. The first-order valence-corrected chi connectivity index (χ1v) is 28.0. The molecule has 2 aromatic heterocycles. The van der Waals surface area contributed by atoms with Crippen LogP contribution in [0, 0.1) is 5.92 Å². The molecule has 4 aliphatic rings. The van der Waals surface area contributed by atoms with Crippen molar-refractivity contribution in [2.24, 2.45) is 5.92 Å². The Morgan fingerprint density at radius 1 is 0.786 bits per heavy atom. The van der Waals surface area contributed by atoms with Crippen LogP contribution in [-0.2, 0) is 58.4 Å². The molecule has 6 bridgehead atoms. The minimum atomic E-state index is -2.04. The summed E-state index contributed by atoms with van der Waals surface area (Å²) in [5.74, 6) is -1.73. The van der Waals surface area contributed by atoms with Gasteiger partial charge in [-0.2, -0.15) is 0 Å². The summed E-state index contributed by atoms with van der Waals surface area (Å²) in [7, 11) is 4.30. The standard InChI is InChI=1S/C66H65N5O13/c1-37(2)55(69-63(75)80-35-48-43-21-13-11-19-41(43)42-20-12-14-22-44(42)48)60(73)68-56-58(72)66(50-30-39(27-28-52(50)78-6)29-40-34-82-65(3,4)71(40)64(76)81-33-38-17-9-8-10-18-38)49-25-15-24-46(57(49)84-59(66)62(74)79-7)45-23-16-26-51-54(45)47(32-70(51)36-77-5)53-31-67-61(56)83-53/h8-28,30-32,37,40,48,55-56,58-59,72H,29,33-36H2,1-7H3,(H,68,73)(H,69,75)/t40-,55-,56?,58?,59+,66-/m0/s1. The quantitative estimate of drug-likeness (QED) is 0.0644. The number of nitrogens with one attached hydrogen (secondary N) is 2. The first kappa shape index (κ1) is 55.6. The van der Waals surface area contributed by atoms with Crippen molar-refractivity contribution < 1.29 is 61.9 Å². The lowest BCUT2D eigenvalue weighted by molar-refractivity contribution is -0.153. The van der Waals surface area contributed by atoms with Gasteiger partial charge in [-0.05, 0) is 77.3 Å². The average molecular weight is 1140 g/mol. The van der Waals surface area contributed by atoms with Crippen LogP contribution in [0.3, 0.4) is 0 Å². The number of aliphatic hydroxyl groups is 1. The van der Waals surface area contributed by atoms with Gasteiger partial charge in [0.1, 0.15) is 60.8 Å². The number of alkyl carbamates (subject to hydrolysis) is 1. The Morgan fingerprint density at radius 2 is 1.49 bits per heavy atom. The minimum Gasteiger partial charge on any atom is -0.496 e. The van der Waals surface area contributed by atoms with Gasteiger partial charge in [0.25, 0.3) is 0 Å². The summed E-state index contributed by atoms with van der Waals surface area (Å²) >= 11 is 0. The summed E-state index contributed by atoms with van der Waals surface area (Å²) in [6.45, 7) is 7.53. The van der Waals surface area contributed by atoms with Crippen molar-refractivity contribution in [1.82, 2.24) is 25.1 Å². The van der Waals surface area contributed by atoms with E-state index in [2.05, 4.69) is 10.6 Å². The lowest BCUT2D eigenvalue weighted by Crippen LogP contribution is -2.59. The van der Waals surface area contributed by atoms with Crippen molar-refractivity contribution in [3.8, 4) is 45.1 Å². The Morgan fingerprint density at radius 3 is 2.20 bits per heavy atom. The molecule has 6 aromatic carbocycles. The van der Waals surface area contributed by atoms with E-state index in [9.17, 15) is 14.7 Å². The van der Waals surface area contributed by atoms with E-state index in [-0.39, 0.29) is 61.8 Å². The van der Waals surface area contributed by atoms with Crippen molar-refractivity contribution in [3.05, 3.63) is 185 Å². The predicted molar refractivity (Wildman–Crippen MR) is 310 cm³/mol. The third-order valence-corrected chi connectivity index (χ3v) is 16.8. The fraction of sp³-hybridized carbons (Fsp3) is 0.318. The molecule has 5 heterocycles. The number of esters is 1. The Hall–Kier alpha value is -8.97. The normalized spacial score (nSPS) is 20.2. The number of para-hydroxylation sites is 1. The lowest BCUT2D eigenvalue weighted by atomic mass is 9.64. The molecular weight excluding hydrogens is 1070 g/mol. The molecule has 0 radical (unpaired) electrons. The largest absolute Gasteiger partial charge is 0.496 e. The predicted octanol–water partition coefficient (Wildman–Crippen LogP) is 10.2. The SMILES string of the molecule is COCn1cc2c3c(cccc31)-c1cccc3c1O[C@H](C(=O)OC)[C@@]3(c1cc(C[C@H]3COC(C)(C)N3C(=O)OCc3ccccc3)ccc1OC)C(O)C(NC(=O)[C@@H](NC(=O)OCC1c3ccccc3-c3ccccc31)C(C)C)c1ncc-2o1. The highest BCUT2D eigenvalue weighted by atomic mass is 16.6. The van der Waals surface area contributed by atoms with Crippen LogP contribution in [0.15, 0.2) is 150 Å². The van der Waals surface area contributed by atoms with Crippen LogP contribution in [0.25, 0.3) is 44.5 Å². The molecule has 2 unspecified atom stereocenters. The first-order chi connectivity index (χ1) is 40.7. The number of amides is 3. The van der Waals surface area contributed by atoms with Gasteiger partial charge in [-0.3, -0.25) is 9.69 Å². The molecular formula is C66H65N5O13. The molecule has 1 fully saturated rings. The number of aromatic nitrogens is 2. The summed E-state index contributed by atoms with van der Waals surface area (Å²) in [5.41, 5.74) is 5.82. The third kappa shape index (κ3) is 9.47. The molecule has 3 N–H and O–H groups in total. The van der Waals surface area contributed by atoms with Gasteiger partial charge in [-0.15, -0.1) is 0 Å². The number of nitrogens with zero attached hydrogens (tertiary/aromatic N) is 3. The topological polar surface area (TPSA) is 211 Å². The number of methoxy groups -OCH3 is 3. The number of benzene rings is 6. The smallest absolute Gasteiger partial charge is 0.412 e. The van der Waals surface area contributed by atoms with E-state index in [1.807, 2.05) is 132 Å². The highest BCUT2D eigenvalue weighted by Crippen LogP contribution is 2.58. The number of carbonyl (C=O) groups excluding carboxylic acids is 4. The fourth-order valence-corrected chi connectivity index (χ4v) is 13.0. The molecule has 3 amide bonds. The van der Waals surface area contributed by atoms with Gasteiger partial charge in [0.15, 0.2) is 5.76 Å². The Kier molecular flexibility index (Phi) is 14.8. The van der Waals surface area contributed by atoms with Crippen molar-refractivity contribution in [3.63, 3.8) is 0 Å². The zero-order chi connectivity index (χ0) is 58.6. The Labute approximate surface area is 485 Å². The van der Waals surface area contributed by atoms with Crippen LogP contribution in [0.1, 0.15) is 78.9 Å². The molecule has 12 rings (SSSR count). The lowest BCUT2D eigenvalue weighted by Gasteiger charge is -2.41. The number of hydrogen-bond acceptors (Lipinski definition) is 14. The number of aliphatic hydroxyl groups excluding tert-OH is 1. The van der Waals surface area contributed by atoms with Crippen LogP contribution in [-0.4, -0.2) is 108 Å². The fourth-order valence-electron chi connectivity index (χ4n) is 13.0. The maximum Gasteiger partial charge on any atom is 0.412 e. The molecule has 18 heteroatoms. The second kappa shape index (κ2) is 22.3. The molecule has 0 spiro atoms. The van der Waals surface area contributed by atoms with Gasteiger partial charge >= 0.3 is 18.2 Å². The monoisotopic (exact) mass is 1140 g/mol. The molecule has 18 nitrogen and oxygen atoms in total. The molecule has 1 saturated heterocycles. The highest BCUT2D eigenvalue weighted by Gasteiger charge is 2.63. The van der Waals surface area contributed by atoms with Crippen LogP contribution in [0.4, 0.5) is 9.59 Å². The molecule has 6 atom stereocenters. The number of fused-ring (bicyclic) bond motifs is 7. The molecule has 432 valence electrons. The van der Waals surface area contributed by atoms with Crippen molar-refractivity contribution in [1.29, 1.82) is 0 Å². The van der Waals surface area contributed by atoms with Crippen molar-refractivity contribution in [2.45, 2.75) is 94.8 Å². The van der Waals surface area contributed by atoms with Gasteiger partial charge in [0.05, 0.1) is 38.6 Å². The van der Waals surface area contributed by atoms with Gasteiger partial charge in [0, 0.05) is 46.9 Å². The number of ether oxygens (including phenoxy) is 7. The maximum atomic E-state index is 15.4. The van der Waals surface area contributed by atoms with Crippen LogP contribution >= 0.6 is 0 Å². The van der Waals surface area contributed by atoms with Crippen LogP contribution in [0.2, 0.25) is 0 Å². The van der Waals surface area contributed by atoms with Gasteiger partial charge in [-0.1, -0.05) is 135 Å². The zero-order valence-corrected chi connectivity index (χ0v) is 47.6. The number of carbonyl (C=O) groups is 4. The van der Waals surface area contributed by atoms with E-state index in [1.54, 1.807) is 51.8 Å². The van der Waals surface area contributed by atoms with Gasteiger partial charge < -0.3 is 57.9 Å². The third-order valence-electron chi connectivity index (χ3n) is 16.8. The summed E-state index contributed by atoms with van der Waals surface area (Å²) in [4.78, 5) is 65.0. The molecule has 1 aliphatic carbocycles. The van der Waals surface area contributed by atoms with E-state index < -0.39 is 71.5 Å². The van der Waals surface area contributed by atoms with Crippen LogP contribution < -0.4 is 20.1 Å². The minimum absolute atomic E-state index is 0.00311. The molecule has 3 aliphatic heterocycles. The molecule has 0 saturated carbocycles. The Bertz CT molecular complexity index is 3790. The second-order valence-corrected chi connectivity index (χ2v) is 22.4. The molecule has 8 aromatic rings. The average Bonchev–Trinajstić information content (AvgIpc) is 1.53. The Balaban J connectivity index is 0.978. The number of oxazole rings is 1. The maximum absolute atomic E-state index is 15.4. The van der Waals surface area contributed by atoms with E-state index in [0.717, 1.165) is 38.7 Å². The summed E-state index contributed by atoms with van der Waals surface area (Å²) < 4.78 is 51.5. The van der Waals surface area contributed by atoms with E-state index >= 15 is 9.59 Å². The number of hydrogen-bond donors (Lipinski definition) is 3. The molecule has 84 heavy (non-hydrogen) atoms. The van der Waals surface area contributed by atoms with Crippen LogP contribution in [0.5, 0.6) is 11.5 Å².